The van der Waals surface area contributed by atoms with Crippen molar-refractivity contribution >= 4 is 22.8 Å². The summed E-state index contributed by atoms with van der Waals surface area (Å²) in [6, 6.07) is 16.1. The number of aryl methyl sites for hydroxylation is 1. The van der Waals surface area contributed by atoms with Gasteiger partial charge in [-0.15, -0.1) is 5.10 Å². The van der Waals surface area contributed by atoms with E-state index in [1.165, 1.54) is 5.56 Å². The molecule has 1 atom stereocenters. The minimum absolute atomic E-state index is 0.0721. The second-order valence-electron chi connectivity index (χ2n) is 9.66. The molecule has 0 bridgehead atoms. The third kappa shape index (κ3) is 5.32. The van der Waals surface area contributed by atoms with Gasteiger partial charge in [0.2, 0.25) is 5.91 Å². The summed E-state index contributed by atoms with van der Waals surface area (Å²) in [6.07, 6.45) is 5.46. The molecule has 8 heteroatoms. The van der Waals surface area contributed by atoms with Crippen molar-refractivity contribution in [1.29, 1.82) is 0 Å². The molecule has 0 radical (unpaired) electrons. The zero-order chi connectivity index (χ0) is 25.1. The summed E-state index contributed by atoms with van der Waals surface area (Å²) >= 11 is 0. The molecule has 2 aromatic heterocycles. The van der Waals surface area contributed by atoms with Gasteiger partial charge in [0.1, 0.15) is 17.9 Å². The van der Waals surface area contributed by atoms with E-state index in [9.17, 15) is 4.79 Å². The number of hydrogen-bond donors (Lipinski definition) is 1. The van der Waals surface area contributed by atoms with Crippen LogP contribution in [0.5, 0.6) is 5.75 Å². The number of piperidine rings is 1. The lowest BCUT2D eigenvalue weighted by Crippen LogP contribution is -2.43. The topological polar surface area (TPSA) is 85.2 Å². The second kappa shape index (κ2) is 10.4. The zero-order valence-corrected chi connectivity index (χ0v) is 21.0. The van der Waals surface area contributed by atoms with Crippen LogP contribution < -0.4 is 15.0 Å². The standard InChI is InChI=1S/C28H32N6O2/c1-19(2)36-24-12-8-21(9-13-24)15-29-28(35)22-5-4-14-33(16-22)27-25-17-34(32-26(25)30-18-31-27)23-10-6-20(3)7-11-23/h6-13,17-19,22H,4-5,14-16H2,1-3H3,(H,29,35)/t22-/m1/s1. The van der Waals surface area contributed by atoms with Crippen LogP contribution in [0, 0.1) is 12.8 Å². The molecule has 4 aromatic rings. The van der Waals surface area contributed by atoms with Crippen LogP contribution in [0.25, 0.3) is 16.7 Å². The number of nitrogens with one attached hydrogen (secondary N) is 1. The number of carbonyl (C=O) groups excluding carboxylic acids is 1. The van der Waals surface area contributed by atoms with Crippen LogP contribution in [0.15, 0.2) is 61.1 Å². The third-order valence-corrected chi connectivity index (χ3v) is 6.45. The maximum absolute atomic E-state index is 13.0. The molecular weight excluding hydrogens is 452 g/mol. The van der Waals surface area contributed by atoms with E-state index >= 15 is 0 Å². The molecule has 1 fully saturated rings. The van der Waals surface area contributed by atoms with Crippen LogP contribution in [-0.4, -0.2) is 44.8 Å². The number of ether oxygens (including phenoxy) is 1. The van der Waals surface area contributed by atoms with Crippen molar-refractivity contribution in [1.82, 2.24) is 25.1 Å². The molecule has 1 aliphatic rings. The monoisotopic (exact) mass is 484 g/mol. The van der Waals surface area contributed by atoms with Crippen molar-refractivity contribution in [2.24, 2.45) is 5.92 Å². The molecule has 186 valence electrons. The molecule has 1 aliphatic heterocycles. The highest BCUT2D eigenvalue weighted by Crippen LogP contribution is 2.28. The Morgan fingerprint density at radius 1 is 1.11 bits per heavy atom. The number of anilines is 1. The summed E-state index contributed by atoms with van der Waals surface area (Å²) in [5, 5.41) is 8.66. The van der Waals surface area contributed by atoms with Crippen LogP contribution in [0.4, 0.5) is 5.82 Å². The quantitative estimate of drug-likeness (QED) is 0.417. The predicted octanol–water partition coefficient (Wildman–Crippen LogP) is 4.44. The first-order valence-corrected chi connectivity index (χ1v) is 12.5. The van der Waals surface area contributed by atoms with Gasteiger partial charge in [0, 0.05) is 25.8 Å². The Morgan fingerprint density at radius 3 is 2.64 bits per heavy atom. The normalized spacial score (nSPS) is 15.9. The molecule has 0 spiro atoms. The fourth-order valence-corrected chi connectivity index (χ4v) is 4.58. The maximum atomic E-state index is 13.0. The fourth-order valence-electron chi connectivity index (χ4n) is 4.58. The van der Waals surface area contributed by atoms with Crippen molar-refractivity contribution in [3.8, 4) is 11.4 Å². The van der Waals surface area contributed by atoms with Gasteiger partial charge in [-0.25, -0.2) is 14.6 Å². The van der Waals surface area contributed by atoms with Gasteiger partial charge in [-0.05, 0) is 63.4 Å². The number of aromatic nitrogens is 4. The number of amides is 1. The smallest absolute Gasteiger partial charge is 0.225 e. The average molecular weight is 485 g/mol. The number of hydrogen-bond acceptors (Lipinski definition) is 6. The van der Waals surface area contributed by atoms with Gasteiger partial charge in [-0.3, -0.25) is 4.79 Å². The van der Waals surface area contributed by atoms with Crippen molar-refractivity contribution < 1.29 is 9.53 Å². The van der Waals surface area contributed by atoms with Crippen LogP contribution in [0.3, 0.4) is 0 Å². The lowest BCUT2D eigenvalue weighted by atomic mass is 9.97. The predicted molar refractivity (Wildman–Crippen MR) is 140 cm³/mol. The highest BCUT2D eigenvalue weighted by atomic mass is 16.5. The summed E-state index contributed by atoms with van der Waals surface area (Å²) in [5.41, 5.74) is 3.88. The first kappa shape index (κ1) is 23.8. The summed E-state index contributed by atoms with van der Waals surface area (Å²) < 4.78 is 7.54. The van der Waals surface area contributed by atoms with Crippen LogP contribution in [0.1, 0.15) is 37.8 Å². The van der Waals surface area contributed by atoms with E-state index in [1.807, 2.05) is 61.1 Å². The molecule has 2 aromatic carbocycles. The minimum atomic E-state index is -0.0977. The SMILES string of the molecule is Cc1ccc(-n2cc3c(N4CCC[C@@H](C(=O)NCc5ccc(OC(C)C)cc5)C4)ncnc3n2)cc1. The van der Waals surface area contributed by atoms with Crippen LogP contribution >= 0.6 is 0 Å². The molecule has 8 nitrogen and oxygen atoms in total. The van der Waals surface area contributed by atoms with Crippen molar-refractivity contribution in [2.45, 2.75) is 46.3 Å². The van der Waals surface area contributed by atoms with Gasteiger partial charge in [0.05, 0.1) is 23.1 Å². The van der Waals surface area contributed by atoms with Crippen molar-refractivity contribution in [2.75, 3.05) is 18.0 Å². The van der Waals surface area contributed by atoms with E-state index in [-0.39, 0.29) is 17.9 Å². The first-order valence-electron chi connectivity index (χ1n) is 12.5. The summed E-state index contributed by atoms with van der Waals surface area (Å²) in [5.74, 6) is 1.64. The fraction of sp³-hybridized carbons (Fsp3) is 0.357. The highest BCUT2D eigenvalue weighted by Gasteiger charge is 2.28. The van der Waals surface area contributed by atoms with Gasteiger partial charge in [-0.1, -0.05) is 29.8 Å². The van der Waals surface area contributed by atoms with E-state index in [4.69, 9.17) is 4.74 Å². The Kier molecular flexibility index (Phi) is 6.84. The Hall–Kier alpha value is -3.94. The zero-order valence-electron chi connectivity index (χ0n) is 21.0. The molecule has 3 heterocycles. The van der Waals surface area contributed by atoms with Gasteiger partial charge in [0.15, 0.2) is 5.65 Å². The van der Waals surface area contributed by atoms with E-state index in [0.717, 1.165) is 47.6 Å². The summed E-state index contributed by atoms with van der Waals surface area (Å²) in [4.78, 5) is 24.2. The molecule has 1 N–H and O–H groups in total. The molecule has 0 unspecified atom stereocenters. The Labute approximate surface area is 211 Å². The molecule has 0 saturated carbocycles. The minimum Gasteiger partial charge on any atom is -0.491 e. The Morgan fingerprint density at radius 2 is 1.89 bits per heavy atom. The average Bonchev–Trinajstić information content (AvgIpc) is 3.33. The second-order valence-corrected chi connectivity index (χ2v) is 9.66. The molecule has 1 amide bonds. The van der Waals surface area contributed by atoms with Gasteiger partial charge < -0.3 is 15.0 Å². The first-order chi connectivity index (χ1) is 17.5. The molecule has 1 saturated heterocycles. The lowest BCUT2D eigenvalue weighted by molar-refractivity contribution is -0.125. The number of fused-ring (bicyclic) bond motifs is 1. The Balaban J connectivity index is 1.26. The maximum Gasteiger partial charge on any atom is 0.225 e. The molecule has 5 rings (SSSR count). The highest BCUT2D eigenvalue weighted by molar-refractivity contribution is 5.87. The lowest BCUT2D eigenvalue weighted by Gasteiger charge is -2.33. The number of rotatable bonds is 7. The van der Waals surface area contributed by atoms with Crippen molar-refractivity contribution in [3.05, 3.63) is 72.2 Å². The molecule has 0 aliphatic carbocycles. The summed E-state index contributed by atoms with van der Waals surface area (Å²) in [6.45, 7) is 8.04. The van der Waals surface area contributed by atoms with Crippen molar-refractivity contribution in [3.63, 3.8) is 0 Å². The number of benzene rings is 2. The van der Waals surface area contributed by atoms with Crippen LogP contribution in [0.2, 0.25) is 0 Å². The van der Waals surface area contributed by atoms with E-state index in [2.05, 4.69) is 44.3 Å². The molecular formula is C28H32N6O2. The van der Waals surface area contributed by atoms with E-state index in [1.54, 1.807) is 6.33 Å². The van der Waals surface area contributed by atoms with E-state index < -0.39 is 0 Å². The third-order valence-electron chi connectivity index (χ3n) is 6.45. The molecule has 36 heavy (non-hydrogen) atoms. The number of carbonyl (C=O) groups is 1. The Bertz CT molecular complexity index is 1330. The summed E-state index contributed by atoms with van der Waals surface area (Å²) in [7, 11) is 0. The largest absolute Gasteiger partial charge is 0.491 e. The van der Waals surface area contributed by atoms with Crippen LogP contribution in [-0.2, 0) is 11.3 Å². The van der Waals surface area contributed by atoms with Gasteiger partial charge in [0.25, 0.3) is 0 Å². The van der Waals surface area contributed by atoms with Gasteiger partial charge >= 0.3 is 0 Å². The number of nitrogens with zero attached hydrogens (tertiary/aromatic N) is 5. The van der Waals surface area contributed by atoms with Gasteiger partial charge in [-0.2, -0.15) is 0 Å². The van der Waals surface area contributed by atoms with E-state index in [0.29, 0.717) is 18.7 Å².